The highest BCUT2D eigenvalue weighted by molar-refractivity contribution is 5.70. The molecule has 0 aliphatic heterocycles. The molecule has 2 heteroatoms. The molecule has 0 heterocycles. The van der Waals surface area contributed by atoms with Crippen molar-refractivity contribution in [2.24, 2.45) is 17.8 Å². The van der Waals surface area contributed by atoms with Crippen molar-refractivity contribution in [3.63, 3.8) is 0 Å². The summed E-state index contributed by atoms with van der Waals surface area (Å²) in [5.41, 5.74) is 0. The molecule has 2 aliphatic rings. The fourth-order valence-electron chi connectivity index (χ4n) is 3.42. The van der Waals surface area contributed by atoms with Gasteiger partial charge in [-0.3, -0.25) is 4.79 Å². The Morgan fingerprint density at radius 3 is 2.29 bits per heavy atom. The minimum absolute atomic E-state index is 0.0156. The van der Waals surface area contributed by atoms with Gasteiger partial charge in [0.15, 0.2) is 0 Å². The van der Waals surface area contributed by atoms with Crippen molar-refractivity contribution in [3.05, 3.63) is 0 Å². The first kappa shape index (κ1) is 10.0. The number of carboxylic acids is 1. The van der Waals surface area contributed by atoms with Gasteiger partial charge in [-0.2, -0.15) is 0 Å². The lowest BCUT2D eigenvalue weighted by Crippen LogP contribution is -2.26. The first-order chi connectivity index (χ1) is 6.79. The van der Waals surface area contributed by atoms with Crippen LogP contribution in [0.25, 0.3) is 0 Å². The van der Waals surface area contributed by atoms with Gasteiger partial charge in [-0.25, -0.2) is 0 Å². The number of rotatable bonds is 2. The summed E-state index contributed by atoms with van der Waals surface area (Å²) >= 11 is 0. The second kappa shape index (κ2) is 4.33. The Morgan fingerprint density at radius 2 is 1.64 bits per heavy atom. The second-order valence-electron chi connectivity index (χ2n) is 4.94. The quantitative estimate of drug-likeness (QED) is 0.737. The molecule has 2 aliphatic carbocycles. The zero-order chi connectivity index (χ0) is 9.97. The molecular weight excluding hydrogens is 176 g/mol. The minimum Gasteiger partial charge on any atom is -0.481 e. The Labute approximate surface area is 85.7 Å². The average molecular weight is 196 g/mol. The molecule has 0 aromatic rings. The molecule has 0 aromatic carbocycles. The van der Waals surface area contributed by atoms with E-state index in [1.165, 1.54) is 38.5 Å². The van der Waals surface area contributed by atoms with Gasteiger partial charge in [-0.1, -0.05) is 38.5 Å². The van der Waals surface area contributed by atoms with Crippen LogP contribution in [0.5, 0.6) is 0 Å². The highest BCUT2D eigenvalue weighted by atomic mass is 16.4. The van der Waals surface area contributed by atoms with Gasteiger partial charge in [0.05, 0.1) is 5.92 Å². The standard InChI is InChI=1S/C12H20O2/c13-12(14)11-8-4-7-10(11)9-5-2-1-3-6-9/h9-11H,1-8H2,(H,13,14). The highest BCUT2D eigenvalue weighted by Crippen LogP contribution is 2.42. The lowest BCUT2D eigenvalue weighted by molar-refractivity contribution is -0.143. The molecule has 2 atom stereocenters. The summed E-state index contributed by atoms with van der Waals surface area (Å²) in [4.78, 5) is 11.1. The van der Waals surface area contributed by atoms with Gasteiger partial charge >= 0.3 is 5.97 Å². The Morgan fingerprint density at radius 1 is 0.929 bits per heavy atom. The first-order valence-electron chi connectivity index (χ1n) is 6.02. The maximum absolute atomic E-state index is 11.1. The van der Waals surface area contributed by atoms with Crippen LogP contribution >= 0.6 is 0 Å². The lowest BCUT2D eigenvalue weighted by atomic mass is 9.75. The molecule has 0 spiro atoms. The zero-order valence-corrected chi connectivity index (χ0v) is 8.74. The Kier molecular flexibility index (Phi) is 3.09. The van der Waals surface area contributed by atoms with E-state index in [0.717, 1.165) is 18.8 Å². The summed E-state index contributed by atoms with van der Waals surface area (Å²) in [5.74, 6) is 0.677. The molecule has 2 saturated carbocycles. The van der Waals surface area contributed by atoms with Crippen LogP contribution < -0.4 is 0 Å². The average Bonchev–Trinajstić information content (AvgIpc) is 2.67. The van der Waals surface area contributed by atoms with Crippen LogP contribution in [0.15, 0.2) is 0 Å². The van der Waals surface area contributed by atoms with E-state index in [1.54, 1.807) is 0 Å². The molecule has 2 fully saturated rings. The SMILES string of the molecule is O=C(O)C1CCCC1C1CCCCC1. The summed E-state index contributed by atoms with van der Waals surface area (Å²) in [6.07, 6.45) is 9.82. The van der Waals surface area contributed by atoms with Crippen LogP contribution in [-0.2, 0) is 4.79 Å². The zero-order valence-electron chi connectivity index (χ0n) is 8.74. The predicted molar refractivity (Wildman–Crippen MR) is 55.0 cm³/mol. The van der Waals surface area contributed by atoms with E-state index in [0.29, 0.717) is 5.92 Å². The molecule has 1 N–H and O–H groups in total. The molecule has 0 aromatic heterocycles. The summed E-state index contributed by atoms with van der Waals surface area (Å²) in [5, 5.41) is 9.11. The van der Waals surface area contributed by atoms with Gasteiger partial charge in [0.1, 0.15) is 0 Å². The molecule has 2 nitrogen and oxygen atoms in total. The van der Waals surface area contributed by atoms with E-state index >= 15 is 0 Å². The lowest BCUT2D eigenvalue weighted by Gasteiger charge is -2.29. The van der Waals surface area contributed by atoms with Crippen molar-refractivity contribution in [2.45, 2.75) is 51.4 Å². The van der Waals surface area contributed by atoms with Gasteiger partial charge in [-0.15, -0.1) is 0 Å². The van der Waals surface area contributed by atoms with Gasteiger partial charge in [0.25, 0.3) is 0 Å². The fraction of sp³-hybridized carbons (Fsp3) is 0.917. The first-order valence-corrected chi connectivity index (χ1v) is 6.02. The number of hydrogen-bond donors (Lipinski definition) is 1. The van der Waals surface area contributed by atoms with Gasteiger partial charge in [0, 0.05) is 0 Å². The van der Waals surface area contributed by atoms with E-state index in [2.05, 4.69) is 0 Å². The molecule has 0 saturated heterocycles. The number of aliphatic carboxylic acids is 1. The van der Waals surface area contributed by atoms with Crippen molar-refractivity contribution in [3.8, 4) is 0 Å². The van der Waals surface area contributed by atoms with Crippen molar-refractivity contribution in [1.82, 2.24) is 0 Å². The molecule has 2 unspecified atom stereocenters. The van der Waals surface area contributed by atoms with Crippen molar-refractivity contribution < 1.29 is 9.90 Å². The molecule has 2 rings (SSSR count). The smallest absolute Gasteiger partial charge is 0.306 e. The highest BCUT2D eigenvalue weighted by Gasteiger charge is 2.37. The van der Waals surface area contributed by atoms with Crippen LogP contribution in [-0.4, -0.2) is 11.1 Å². The van der Waals surface area contributed by atoms with Crippen LogP contribution in [0.3, 0.4) is 0 Å². The summed E-state index contributed by atoms with van der Waals surface area (Å²) in [6, 6.07) is 0. The van der Waals surface area contributed by atoms with Gasteiger partial charge < -0.3 is 5.11 Å². The van der Waals surface area contributed by atoms with E-state index in [1.807, 2.05) is 0 Å². The van der Waals surface area contributed by atoms with E-state index in [9.17, 15) is 4.79 Å². The molecule has 0 amide bonds. The van der Waals surface area contributed by atoms with E-state index < -0.39 is 5.97 Å². The maximum atomic E-state index is 11.1. The molecule has 0 bridgehead atoms. The Hall–Kier alpha value is -0.530. The minimum atomic E-state index is -0.543. The summed E-state index contributed by atoms with van der Waals surface area (Å²) in [6.45, 7) is 0. The Balaban J connectivity index is 1.97. The van der Waals surface area contributed by atoms with Gasteiger partial charge in [-0.05, 0) is 24.7 Å². The third-order valence-electron chi connectivity index (χ3n) is 4.14. The molecule has 14 heavy (non-hydrogen) atoms. The van der Waals surface area contributed by atoms with E-state index in [-0.39, 0.29) is 5.92 Å². The predicted octanol–water partition coefficient (Wildman–Crippen LogP) is 3.07. The topological polar surface area (TPSA) is 37.3 Å². The monoisotopic (exact) mass is 196 g/mol. The second-order valence-corrected chi connectivity index (χ2v) is 4.94. The number of carboxylic acid groups (broad SMARTS) is 1. The van der Waals surface area contributed by atoms with Gasteiger partial charge in [0.2, 0.25) is 0 Å². The normalized spacial score (nSPS) is 34.6. The number of hydrogen-bond acceptors (Lipinski definition) is 1. The molecular formula is C12H20O2. The molecule has 80 valence electrons. The third kappa shape index (κ3) is 1.94. The third-order valence-corrected chi connectivity index (χ3v) is 4.14. The van der Waals surface area contributed by atoms with Crippen LogP contribution in [0.1, 0.15) is 51.4 Å². The van der Waals surface area contributed by atoms with E-state index in [4.69, 9.17) is 5.11 Å². The van der Waals surface area contributed by atoms with Crippen molar-refractivity contribution in [2.75, 3.05) is 0 Å². The fourth-order valence-corrected chi connectivity index (χ4v) is 3.42. The van der Waals surface area contributed by atoms with Crippen LogP contribution in [0, 0.1) is 17.8 Å². The van der Waals surface area contributed by atoms with Crippen molar-refractivity contribution in [1.29, 1.82) is 0 Å². The van der Waals surface area contributed by atoms with Crippen molar-refractivity contribution >= 4 is 5.97 Å². The molecule has 0 radical (unpaired) electrons. The summed E-state index contributed by atoms with van der Waals surface area (Å²) in [7, 11) is 0. The van der Waals surface area contributed by atoms with Crippen LogP contribution in [0.4, 0.5) is 0 Å². The van der Waals surface area contributed by atoms with Crippen LogP contribution in [0.2, 0.25) is 0 Å². The summed E-state index contributed by atoms with van der Waals surface area (Å²) < 4.78 is 0. The maximum Gasteiger partial charge on any atom is 0.306 e. The largest absolute Gasteiger partial charge is 0.481 e. The Bertz CT molecular complexity index is 206. The number of carbonyl (C=O) groups is 1.